The molecule has 0 atom stereocenters. The van der Waals surface area contributed by atoms with Crippen LogP contribution in [-0.4, -0.2) is 37.6 Å². The van der Waals surface area contributed by atoms with Crippen molar-refractivity contribution < 1.29 is 0 Å². The summed E-state index contributed by atoms with van der Waals surface area (Å²) in [7, 11) is 2.33. The average molecular weight is 196 g/mol. The maximum atomic E-state index is 3.44. The summed E-state index contributed by atoms with van der Waals surface area (Å²) in [6, 6.07) is 0.858. The van der Waals surface area contributed by atoms with E-state index < -0.39 is 0 Å². The predicted molar refractivity (Wildman–Crippen MR) is 60.5 cm³/mol. The summed E-state index contributed by atoms with van der Waals surface area (Å²) in [6.45, 7) is 3.80. The Balaban J connectivity index is 1.72. The number of nitrogens with zero attached hydrogens (tertiary/aromatic N) is 1. The van der Waals surface area contributed by atoms with Crippen LogP contribution in [0.4, 0.5) is 0 Å². The van der Waals surface area contributed by atoms with Gasteiger partial charge in [0.25, 0.3) is 0 Å². The Bertz CT molecular complexity index is 158. The number of hydrogen-bond acceptors (Lipinski definition) is 2. The van der Waals surface area contributed by atoms with E-state index in [1.165, 1.54) is 58.2 Å². The quantitative estimate of drug-likeness (QED) is 0.741. The molecule has 2 fully saturated rings. The molecule has 0 aromatic carbocycles. The molecule has 2 rings (SSSR count). The highest BCUT2D eigenvalue weighted by Gasteiger charge is 2.22. The fraction of sp³-hybridized carbons (Fsp3) is 1.00. The van der Waals surface area contributed by atoms with Gasteiger partial charge in [0.2, 0.25) is 0 Å². The van der Waals surface area contributed by atoms with Crippen LogP contribution in [0.5, 0.6) is 0 Å². The van der Waals surface area contributed by atoms with E-state index in [2.05, 4.69) is 17.3 Å². The normalized spacial score (nSPS) is 26.1. The number of rotatable bonds is 3. The van der Waals surface area contributed by atoms with Gasteiger partial charge in [-0.15, -0.1) is 0 Å². The second-order valence-corrected chi connectivity index (χ2v) is 5.07. The van der Waals surface area contributed by atoms with Crippen molar-refractivity contribution in [2.75, 3.05) is 26.7 Å². The van der Waals surface area contributed by atoms with Crippen LogP contribution < -0.4 is 5.32 Å². The van der Waals surface area contributed by atoms with Crippen LogP contribution in [-0.2, 0) is 0 Å². The maximum Gasteiger partial charge on any atom is 0.0116 e. The summed E-state index contributed by atoms with van der Waals surface area (Å²) >= 11 is 0. The first-order valence-corrected chi connectivity index (χ1v) is 6.27. The molecule has 0 aromatic rings. The summed E-state index contributed by atoms with van der Waals surface area (Å²) in [4.78, 5) is 2.62. The molecule has 0 bridgehead atoms. The molecule has 1 N–H and O–H groups in total. The van der Waals surface area contributed by atoms with Gasteiger partial charge in [0.05, 0.1) is 0 Å². The van der Waals surface area contributed by atoms with Gasteiger partial charge in [-0.1, -0.05) is 12.8 Å². The number of nitrogens with one attached hydrogen (secondary N) is 1. The van der Waals surface area contributed by atoms with Crippen LogP contribution >= 0.6 is 0 Å². The molecule has 1 aliphatic heterocycles. The van der Waals surface area contributed by atoms with Crippen LogP contribution in [0, 0.1) is 5.92 Å². The zero-order chi connectivity index (χ0) is 9.80. The molecule has 0 spiro atoms. The largest absolute Gasteiger partial charge is 0.317 e. The lowest BCUT2D eigenvalue weighted by molar-refractivity contribution is 0.173. The minimum atomic E-state index is 0.858. The van der Waals surface area contributed by atoms with Gasteiger partial charge >= 0.3 is 0 Å². The fourth-order valence-electron chi connectivity index (χ4n) is 3.00. The van der Waals surface area contributed by atoms with Gasteiger partial charge in [0.1, 0.15) is 0 Å². The van der Waals surface area contributed by atoms with E-state index >= 15 is 0 Å². The highest BCUT2D eigenvalue weighted by Crippen LogP contribution is 2.26. The van der Waals surface area contributed by atoms with Crippen LogP contribution in [0.3, 0.4) is 0 Å². The highest BCUT2D eigenvalue weighted by atomic mass is 15.1. The Labute approximate surface area is 88.1 Å². The first-order valence-electron chi connectivity index (χ1n) is 6.27. The summed E-state index contributed by atoms with van der Waals surface area (Å²) < 4.78 is 0. The van der Waals surface area contributed by atoms with Gasteiger partial charge in [0, 0.05) is 12.6 Å². The molecule has 0 amide bonds. The standard InChI is InChI=1S/C12H24N2/c1-14(10-11-4-2-3-5-11)12-6-8-13-9-7-12/h11-13H,2-10H2,1H3. The third-order valence-corrected chi connectivity index (χ3v) is 3.95. The number of piperidine rings is 1. The van der Waals surface area contributed by atoms with Crippen molar-refractivity contribution in [3.8, 4) is 0 Å². The van der Waals surface area contributed by atoms with E-state index in [4.69, 9.17) is 0 Å². The van der Waals surface area contributed by atoms with Crippen molar-refractivity contribution in [2.45, 2.75) is 44.6 Å². The Morgan fingerprint density at radius 3 is 2.36 bits per heavy atom. The third kappa shape index (κ3) is 2.71. The summed E-state index contributed by atoms with van der Waals surface area (Å²) in [5, 5.41) is 3.44. The van der Waals surface area contributed by atoms with Gasteiger partial charge in [-0.2, -0.15) is 0 Å². The van der Waals surface area contributed by atoms with Gasteiger partial charge < -0.3 is 10.2 Å². The molecule has 82 valence electrons. The zero-order valence-corrected chi connectivity index (χ0v) is 9.47. The van der Waals surface area contributed by atoms with Crippen molar-refractivity contribution in [3.63, 3.8) is 0 Å². The minimum absolute atomic E-state index is 0.858. The maximum absolute atomic E-state index is 3.44. The molecule has 2 aliphatic rings. The second kappa shape index (κ2) is 5.13. The number of hydrogen-bond donors (Lipinski definition) is 1. The van der Waals surface area contributed by atoms with E-state index in [1.54, 1.807) is 0 Å². The summed E-state index contributed by atoms with van der Waals surface area (Å²) in [5.41, 5.74) is 0. The van der Waals surface area contributed by atoms with E-state index in [-0.39, 0.29) is 0 Å². The van der Waals surface area contributed by atoms with Gasteiger partial charge in [0.15, 0.2) is 0 Å². The topological polar surface area (TPSA) is 15.3 Å². The first kappa shape index (κ1) is 10.4. The molecule has 14 heavy (non-hydrogen) atoms. The zero-order valence-electron chi connectivity index (χ0n) is 9.47. The van der Waals surface area contributed by atoms with Crippen molar-refractivity contribution in [1.82, 2.24) is 10.2 Å². The Hall–Kier alpha value is -0.0800. The fourth-order valence-corrected chi connectivity index (χ4v) is 3.00. The predicted octanol–water partition coefficient (Wildman–Crippen LogP) is 1.86. The Kier molecular flexibility index (Phi) is 3.82. The van der Waals surface area contributed by atoms with Gasteiger partial charge in [-0.25, -0.2) is 0 Å². The minimum Gasteiger partial charge on any atom is -0.317 e. The molecule has 1 aliphatic carbocycles. The smallest absolute Gasteiger partial charge is 0.0116 e. The lowest BCUT2D eigenvalue weighted by Crippen LogP contribution is -2.42. The van der Waals surface area contributed by atoms with Crippen molar-refractivity contribution in [3.05, 3.63) is 0 Å². The summed E-state index contributed by atoms with van der Waals surface area (Å²) in [6.07, 6.45) is 8.62. The van der Waals surface area contributed by atoms with Crippen molar-refractivity contribution in [2.24, 2.45) is 5.92 Å². The summed E-state index contributed by atoms with van der Waals surface area (Å²) in [5.74, 6) is 1.01. The monoisotopic (exact) mass is 196 g/mol. The Morgan fingerprint density at radius 1 is 1.07 bits per heavy atom. The second-order valence-electron chi connectivity index (χ2n) is 5.07. The molecule has 0 radical (unpaired) electrons. The molecule has 0 aromatic heterocycles. The van der Waals surface area contributed by atoms with E-state index in [1.807, 2.05) is 0 Å². The SMILES string of the molecule is CN(CC1CCCC1)C1CCNCC1. The molecular formula is C12H24N2. The van der Waals surface area contributed by atoms with E-state index in [0.29, 0.717) is 0 Å². The third-order valence-electron chi connectivity index (χ3n) is 3.95. The molecular weight excluding hydrogens is 172 g/mol. The average Bonchev–Trinajstić information content (AvgIpc) is 2.72. The lowest BCUT2D eigenvalue weighted by Gasteiger charge is -2.33. The molecule has 0 unspecified atom stereocenters. The molecule has 1 saturated carbocycles. The van der Waals surface area contributed by atoms with Gasteiger partial charge in [-0.05, 0) is 51.7 Å². The van der Waals surface area contributed by atoms with Crippen LogP contribution in [0.2, 0.25) is 0 Å². The van der Waals surface area contributed by atoms with E-state index in [0.717, 1.165) is 12.0 Å². The Morgan fingerprint density at radius 2 is 1.71 bits per heavy atom. The van der Waals surface area contributed by atoms with Crippen molar-refractivity contribution in [1.29, 1.82) is 0 Å². The first-order chi connectivity index (χ1) is 6.86. The van der Waals surface area contributed by atoms with Crippen molar-refractivity contribution >= 4 is 0 Å². The van der Waals surface area contributed by atoms with E-state index in [9.17, 15) is 0 Å². The molecule has 1 saturated heterocycles. The lowest BCUT2D eigenvalue weighted by atomic mass is 10.0. The molecule has 1 heterocycles. The van der Waals surface area contributed by atoms with Crippen LogP contribution in [0.1, 0.15) is 38.5 Å². The van der Waals surface area contributed by atoms with Gasteiger partial charge in [-0.3, -0.25) is 0 Å². The molecule has 2 nitrogen and oxygen atoms in total. The van der Waals surface area contributed by atoms with Crippen LogP contribution in [0.15, 0.2) is 0 Å². The molecule has 2 heteroatoms. The van der Waals surface area contributed by atoms with Crippen LogP contribution in [0.25, 0.3) is 0 Å². The highest BCUT2D eigenvalue weighted by molar-refractivity contribution is 4.78.